The quantitative estimate of drug-likeness (QED) is 0.836. The van der Waals surface area contributed by atoms with Gasteiger partial charge < -0.3 is 15.6 Å². The highest BCUT2D eigenvalue weighted by Gasteiger charge is 2.15. The molecular formula is C15H19N3O2. The number of rotatable bonds is 4. The van der Waals surface area contributed by atoms with Crippen LogP contribution in [0.3, 0.4) is 0 Å². The maximum Gasteiger partial charge on any atom is 0.255 e. The van der Waals surface area contributed by atoms with Crippen molar-refractivity contribution >= 4 is 22.4 Å². The molecule has 0 aliphatic rings. The number of amides is 1. The van der Waals surface area contributed by atoms with E-state index in [9.17, 15) is 9.59 Å². The average Bonchev–Trinajstić information content (AvgIpc) is 2.45. The van der Waals surface area contributed by atoms with Crippen LogP contribution < -0.4 is 11.3 Å². The topological polar surface area (TPSA) is 79.2 Å². The van der Waals surface area contributed by atoms with Crippen molar-refractivity contribution in [2.75, 3.05) is 19.3 Å². The molecule has 0 fully saturated rings. The molecular weight excluding hydrogens is 254 g/mol. The van der Waals surface area contributed by atoms with Crippen LogP contribution in [0.25, 0.3) is 10.8 Å². The highest BCUT2D eigenvalue weighted by molar-refractivity contribution is 6.06. The first-order valence-electron chi connectivity index (χ1n) is 6.71. The number of aromatic nitrogens is 1. The molecule has 5 nitrogen and oxygen atoms in total. The molecule has 0 radical (unpaired) electrons. The summed E-state index contributed by atoms with van der Waals surface area (Å²) in [5.41, 5.74) is 6.47. The molecule has 3 N–H and O–H groups in total. The van der Waals surface area contributed by atoms with Crippen LogP contribution in [-0.2, 0) is 0 Å². The van der Waals surface area contributed by atoms with E-state index in [1.165, 1.54) is 6.20 Å². The second kappa shape index (κ2) is 5.77. The number of pyridine rings is 1. The first-order chi connectivity index (χ1) is 9.54. The monoisotopic (exact) mass is 273 g/mol. The number of fused-ring (bicyclic) bond motifs is 1. The normalized spacial score (nSPS) is 10.7. The van der Waals surface area contributed by atoms with Gasteiger partial charge in [-0.3, -0.25) is 9.59 Å². The Morgan fingerprint density at radius 2 is 2.10 bits per heavy atom. The molecule has 2 aromatic rings. The number of nitrogens with one attached hydrogen (secondary N) is 1. The molecule has 0 spiro atoms. The molecule has 0 saturated carbocycles. The zero-order valence-electron chi connectivity index (χ0n) is 11.8. The smallest absolute Gasteiger partial charge is 0.255 e. The van der Waals surface area contributed by atoms with Crippen molar-refractivity contribution in [1.82, 2.24) is 9.88 Å². The Labute approximate surface area is 117 Å². The van der Waals surface area contributed by atoms with Crippen molar-refractivity contribution in [1.29, 1.82) is 0 Å². The van der Waals surface area contributed by atoms with Crippen LogP contribution >= 0.6 is 0 Å². The van der Waals surface area contributed by atoms with E-state index >= 15 is 0 Å². The van der Waals surface area contributed by atoms with E-state index in [4.69, 9.17) is 5.73 Å². The third-order valence-electron chi connectivity index (χ3n) is 3.35. The summed E-state index contributed by atoms with van der Waals surface area (Å²) >= 11 is 0. The molecule has 0 saturated heterocycles. The van der Waals surface area contributed by atoms with Gasteiger partial charge in [-0.25, -0.2) is 0 Å². The van der Waals surface area contributed by atoms with Crippen LogP contribution in [0.4, 0.5) is 5.69 Å². The Bertz CT molecular complexity index is 691. The molecule has 1 aromatic carbocycles. The molecule has 0 aliphatic heterocycles. The fraction of sp³-hybridized carbons (Fsp3) is 0.333. The van der Waals surface area contributed by atoms with Gasteiger partial charge in [-0.15, -0.1) is 0 Å². The third-order valence-corrected chi connectivity index (χ3v) is 3.35. The Morgan fingerprint density at radius 3 is 2.80 bits per heavy atom. The number of nitrogens with two attached hydrogens (primary N) is 1. The van der Waals surface area contributed by atoms with Crippen molar-refractivity contribution in [3.05, 3.63) is 40.3 Å². The van der Waals surface area contributed by atoms with Crippen LogP contribution in [0.1, 0.15) is 30.1 Å². The molecule has 0 bridgehead atoms. The van der Waals surface area contributed by atoms with Gasteiger partial charge in [0.25, 0.3) is 11.5 Å². The fourth-order valence-corrected chi connectivity index (χ4v) is 2.16. The van der Waals surface area contributed by atoms with E-state index in [1.54, 1.807) is 30.1 Å². The zero-order chi connectivity index (χ0) is 14.7. The Morgan fingerprint density at radius 1 is 1.35 bits per heavy atom. The van der Waals surface area contributed by atoms with Crippen LogP contribution in [0.5, 0.6) is 0 Å². The number of hydrogen-bond donors (Lipinski definition) is 2. The van der Waals surface area contributed by atoms with E-state index in [0.717, 1.165) is 12.8 Å². The van der Waals surface area contributed by atoms with Gasteiger partial charge in [0.15, 0.2) is 0 Å². The van der Waals surface area contributed by atoms with Crippen LogP contribution in [0, 0.1) is 0 Å². The lowest BCUT2D eigenvalue weighted by molar-refractivity contribution is 0.0795. The largest absolute Gasteiger partial charge is 0.399 e. The van der Waals surface area contributed by atoms with Gasteiger partial charge in [-0.1, -0.05) is 19.4 Å². The van der Waals surface area contributed by atoms with Crippen molar-refractivity contribution in [3.8, 4) is 0 Å². The minimum Gasteiger partial charge on any atom is -0.399 e. The Hall–Kier alpha value is -2.30. The fourth-order valence-electron chi connectivity index (χ4n) is 2.16. The first kappa shape index (κ1) is 14.1. The van der Waals surface area contributed by atoms with Crippen molar-refractivity contribution in [2.45, 2.75) is 19.8 Å². The van der Waals surface area contributed by atoms with E-state index in [0.29, 0.717) is 28.6 Å². The predicted octanol–water partition coefficient (Wildman–Crippen LogP) is 1.98. The molecule has 1 aromatic heterocycles. The van der Waals surface area contributed by atoms with Crippen molar-refractivity contribution < 1.29 is 4.79 Å². The van der Waals surface area contributed by atoms with E-state index in [-0.39, 0.29) is 11.5 Å². The lowest BCUT2D eigenvalue weighted by atomic mass is 10.1. The number of anilines is 1. The zero-order valence-corrected chi connectivity index (χ0v) is 11.8. The highest BCUT2D eigenvalue weighted by atomic mass is 16.2. The highest BCUT2D eigenvalue weighted by Crippen LogP contribution is 2.19. The van der Waals surface area contributed by atoms with E-state index in [2.05, 4.69) is 11.9 Å². The van der Waals surface area contributed by atoms with Crippen molar-refractivity contribution in [2.24, 2.45) is 0 Å². The minimum absolute atomic E-state index is 0.0931. The van der Waals surface area contributed by atoms with Crippen LogP contribution in [-0.4, -0.2) is 29.4 Å². The molecule has 1 heterocycles. The SMILES string of the molecule is CCCCN(C)C(=O)c1c[nH]c(=O)c2cc(N)ccc12. The van der Waals surface area contributed by atoms with Crippen LogP contribution in [0.2, 0.25) is 0 Å². The van der Waals surface area contributed by atoms with Gasteiger partial charge >= 0.3 is 0 Å². The van der Waals surface area contributed by atoms with Gasteiger partial charge in [-0.2, -0.15) is 0 Å². The standard InChI is InChI=1S/C15H19N3O2/c1-3-4-7-18(2)15(20)13-9-17-14(19)12-8-10(16)5-6-11(12)13/h5-6,8-9H,3-4,7,16H2,1-2H3,(H,17,19). The summed E-state index contributed by atoms with van der Waals surface area (Å²) in [7, 11) is 1.77. The number of unbranched alkanes of at least 4 members (excludes halogenated alkanes) is 1. The van der Waals surface area contributed by atoms with Gasteiger partial charge in [0, 0.05) is 36.2 Å². The lowest BCUT2D eigenvalue weighted by Gasteiger charge is -2.17. The molecule has 1 amide bonds. The average molecular weight is 273 g/mol. The molecule has 2 rings (SSSR count). The molecule has 20 heavy (non-hydrogen) atoms. The number of benzene rings is 1. The lowest BCUT2D eigenvalue weighted by Crippen LogP contribution is -2.28. The van der Waals surface area contributed by atoms with Gasteiger partial charge in [-0.05, 0) is 18.6 Å². The Kier molecular flexibility index (Phi) is 4.08. The number of aromatic amines is 1. The molecule has 5 heteroatoms. The van der Waals surface area contributed by atoms with Crippen molar-refractivity contribution in [3.63, 3.8) is 0 Å². The third kappa shape index (κ3) is 2.66. The number of nitrogen functional groups attached to an aromatic ring is 1. The maximum atomic E-state index is 12.4. The number of nitrogens with zero attached hydrogens (tertiary/aromatic N) is 1. The summed E-state index contributed by atoms with van der Waals surface area (Å²) in [6.45, 7) is 2.78. The predicted molar refractivity (Wildman–Crippen MR) is 80.8 cm³/mol. The minimum atomic E-state index is -0.236. The second-order valence-corrected chi connectivity index (χ2v) is 4.92. The molecule has 106 valence electrons. The summed E-state index contributed by atoms with van der Waals surface area (Å²) in [6, 6.07) is 5.02. The van der Waals surface area contributed by atoms with Gasteiger partial charge in [0.1, 0.15) is 0 Å². The molecule has 0 atom stereocenters. The molecule has 0 unspecified atom stereocenters. The summed E-state index contributed by atoms with van der Waals surface area (Å²) in [6.07, 6.45) is 3.46. The maximum absolute atomic E-state index is 12.4. The number of H-pyrrole nitrogens is 1. The first-order valence-corrected chi connectivity index (χ1v) is 6.71. The Balaban J connectivity index is 2.47. The van der Waals surface area contributed by atoms with E-state index < -0.39 is 0 Å². The summed E-state index contributed by atoms with van der Waals surface area (Å²) in [5, 5.41) is 1.08. The number of carbonyl (C=O) groups is 1. The number of carbonyl (C=O) groups excluding carboxylic acids is 1. The summed E-state index contributed by atoms with van der Waals surface area (Å²) in [5.74, 6) is -0.0931. The number of hydrogen-bond acceptors (Lipinski definition) is 3. The summed E-state index contributed by atoms with van der Waals surface area (Å²) < 4.78 is 0. The van der Waals surface area contributed by atoms with Crippen LogP contribution in [0.15, 0.2) is 29.2 Å². The molecule has 0 aliphatic carbocycles. The van der Waals surface area contributed by atoms with Gasteiger partial charge in [0.05, 0.1) is 5.56 Å². The summed E-state index contributed by atoms with van der Waals surface area (Å²) in [4.78, 5) is 28.5. The second-order valence-electron chi connectivity index (χ2n) is 4.92. The van der Waals surface area contributed by atoms with E-state index in [1.807, 2.05) is 0 Å². The van der Waals surface area contributed by atoms with Gasteiger partial charge in [0.2, 0.25) is 0 Å².